The van der Waals surface area contributed by atoms with Gasteiger partial charge in [-0.15, -0.1) is 0 Å². The first-order valence-corrected chi connectivity index (χ1v) is 13.0. The molecule has 1 heterocycles. The van der Waals surface area contributed by atoms with Gasteiger partial charge in [-0.25, -0.2) is 18.1 Å². The number of anilines is 2. The molecule has 0 fully saturated rings. The number of pyridine rings is 1. The summed E-state index contributed by atoms with van der Waals surface area (Å²) >= 11 is 0. The van der Waals surface area contributed by atoms with Crippen molar-refractivity contribution in [2.75, 3.05) is 36.5 Å². The van der Waals surface area contributed by atoms with Crippen LogP contribution in [0.4, 0.5) is 11.5 Å². The van der Waals surface area contributed by atoms with Gasteiger partial charge in [0, 0.05) is 19.6 Å². The standard InChI is InChI=1S/C25H28N6O3S/c1-35(33,34)30-16-15-27-22-11-12-23(29-18-22)31-25(32)24(21-5-3-2-4-6-21)28-14-13-19-7-9-20(17-26)10-8-19/h2-12,18,24,27-28,30H,13-16H2,1H3,(H,29,31,32)/t24-/m1/s1. The lowest BCUT2D eigenvalue weighted by molar-refractivity contribution is -0.118. The number of carbonyl (C=O) groups is 1. The van der Waals surface area contributed by atoms with Crippen molar-refractivity contribution in [1.82, 2.24) is 15.0 Å². The number of amides is 1. The molecule has 10 heteroatoms. The van der Waals surface area contributed by atoms with Gasteiger partial charge in [-0.2, -0.15) is 5.26 Å². The summed E-state index contributed by atoms with van der Waals surface area (Å²) in [5.41, 5.74) is 3.22. The molecule has 0 aliphatic rings. The van der Waals surface area contributed by atoms with Crippen LogP contribution >= 0.6 is 0 Å². The molecule has 1 aromatic heterocycles. The molecule has 4 N–H and O–H groups in total. The van der Waals surface area contributed by atoms with Crippen LogP contribution in [0.2, 0.25) is 0 Å². The number of nitrogens with zero attached hydrogens (tertiary/aromatic N) is 2. The highest BCUT2D eigenvalue weighted by molar-refractivity contribution is 7.88. The van der Waals surface area contributed by atoms with Crippen molar-refractivity contribution in [2.24, 2.45) is 0 Å². The van der Waals surface area contributed by atoms with E-state index in [-0.39, 0.29) is 12.5 Å². The number of nitrogens with one attached hydrogen (secondary N) is 4. The molecule has 2 aromatic carbocycles. The van der Waals surface area contributed by atoms with E-state index in [1.807, 2.05) is 42.5 Å². The van der Waals surface area contributed by atoms with Crippen LogP contribution in [-0.4, -0.2) is 45.2 Å². The molecule has 0 aliphatic carbocycles. The van der Waals surface area contributed by atoms with Crippen molar-refractivity contribution in [3.63, 3.8) is 0 Å². The fraction of sp³-hybridized carbons (Fsp3) is 0.240. The molecule has 0 saturated heterocycles. The number of nitriles is 1. The van der Waals surface area contributed by atoms with Crippen LogP contribution in [0.1, 0.15) is 22.7 Å². The van der Waals surface area contributed by atoms with Crippen LogP contribution in [0, 0.1) is 11.3 Å². The molecule has 0 aliphatic heterocycles. The Morgan fingerprint density at radius 1 is 1.00 bits per heavy atom. The topological polar surface area (TPSA) is 136 Å². The van der Waals surface area contributed by atoms with E-state index in [4.69, 9.17) is 5.26 Å². The van der Waals surface area contributed by atoms with Gasteiger partial charge in [-0.1, -0.05) is 42.5 Å². The largest absolute Gasteiger partial charge is 0.382 e. The van der Waals surface area contributed by atoms with E-state index in [0.29, 0.717) is 36.6 Å². The number of rotatable bonds is 12. The normalized spacial score (nSPS) is 11.9. The molecule has 0 bridgehead atoms. The van der Waals surface area contributed by atoms with Gasteiger partial charge in [0.15, 0.2) is 0 Å². The zero-order valence-electron chi connectivity index (χ0n) is 19.4. The van der Waals surface area contributed by atoms with Gasteiger partial charge in [0.25, 0.3) is 0 Å². The quantitative estimate of drug-likeness (QED) is 0.285. The van der Waals surface area contributed by atoms with E-state index in [2.05, 4.69) is 31.7 Å². The van der Waals surface area contributed by atoms with Gasteiger partial charge in [0.2, 0.25) is 15.9 Å². The molecule has 9 nitrogen and oxygen atoms in total. The predicted molar refractivity (Wildman–Crippen MR) is 136 cm³/mol. The summed E-state index contributed by atoms with van der Waals surface area (Å²) in [5.74, 6) is 0.172. The summed E-state index contributed by atoms with van der Waals surface area (Å²) in [6, 6.07) is 21.8. The van der Waals surface area contributed by atoms with Crippen LogP contribution in [0.15, 0.2) is 72.9 Å². The fourth-order valence-electron chi connectivity index (χ4n) is 3.33. The molecule has 1 atom stereocenters. The number of hydrogen-bond donors (Lipinski definition) is 4. The molecule has 182 valence electrons. The smallest absolute Gasteiger partial charge is 0.247 e. The number of carbonyl (C=O) groups excluding carboxylic acids is 1. The van der Waals surface area contributed by atoms with E-state index in [0.717, 1.165) is 17.4 Å². The second-order valence-electron chi connectivity index (χ2n) is 7.87. The van der Waals surface area contributed by atoms with Gasteiger partial charge in [0.1, 0.15) is 11.9 Å². The molecule has 35 heavy (non-hydrogen) atoms. The van der Waals surface area contributed by atoms with Gasteiger partial charge in [0.05, 0.1) is 29.8 Å². The van der Waals surface area contributed by atoms with Crippen LogP contribution in [-0.2, 0) is 21.2 Å². The number of benzene rings is 2. The van der Waals surface area contributed by atoms with E-state index >= 15 is 0 Å². The van der Waals surface area contributed by atoms with E-state index in [9.17, 15) is 13.2 Å². The third-order valence-electron chi connectivity index (χ3n) is 5.07. The minimum atomic E-state index is -3.23. The van der Waals surface area contributed by atoms with Crippen LogP contribution in [0.3, 0.4) is 0 Å². The first-order valence-electron chi connectivity index (χ1n) is 11.1. The fourth-order valence-corrected chi connectivity index (χ4v) is 3.80. The highest BCUT2D eigenvalue weighted by atomic mass is 32.2. The van der Waals surface area contributed by atoms with Gasteiger partial charge in [-0.3, -0.25) is 4.79 Å². The van der Waals surface area contributed by atoms with Crippen molar-refractivity contribution >= 4 is 27.4 Å². The molecule has 3 aromatic rings. The minimum Gasteiger partial charge on any atom is -0.382 e. The average molecular weight is 493 g/mol. The lowest BCUT2D eigenvalue weighted by Crippen LogP contribution is -2.34. The molecular formula is C25H28N6O3S. The van der Waals surface area contributed by atoms with Crippen molar-refractivity contribution in [3.05, 3.63) is 89.6 Å². The molecular weight excluding hydrogens is 464 g/mol. The summed E-state index contributed by atoms with van der Waals surface area (Å²) in [6.45, 7) is 1.22. The van der Waals surface area contributed by atoms with Gasteiger partial charge >= 0.3 is 0 Å². The van der Waals surface area contributed by atoms with Crippen LogP contribution < -0.4 is 20.7 Å². The van der Waals surface area contributed by atoms with Gasteiger partial charge < -0.3 is 16.0 Å². The Hall–Kier alpha value is -3.78. The summed E-state index contributed by atoms with van der Waals surface area (Å²) in [7, 11) is -3.23. The Kier molecular flexibility index (Phi) is 9.31. The van der Waals surface area contributed by atoms with Crippen molar-refractivity contribution in [1.29, 1.82) is 5.26 Å². The molecule has 0 spiro atoms. The number of sulfonamides is 1. The second-order valence-corrected chi connectivity index (χ2v) is 9.70. The van der Waals surface area contributed by atoms with Crippen LogP contribution in [0.25, 0.3) is 0 Å². The van der Waals surface area contributed by atoms with Crippen LogP contribution in [0.5, 0.6) is 0 Å². The summed E-state index contributed by atoms with van der Waals surface area (Å²) in [5, 5.41) is 18.2. The highest BCUT2D eigenvalue weighted by Crippen LogP contribution is 2.17. The molecule has 0 saturated carbocycles. The Morgan fingerprint density at radius 2 is 1.74 bits per heavy atom. The Labute approximate surface area is 205 Å². The summed E-state index contributed by atoms with van der Waals surface area (Å²) in [4.78, 5) is 17.4. The Balaban J connectivity index is 1.57. The Morgan fingerprint density at radius 3 is 2.37 bits per heavy atom. The summed E-state index contributed by atoms with van der Waals surface area (Å²) < 4.78 is 24.6. The third kappa shape index (κ3) is 8.83. The lowest BCUT2D eigenvalue weighted by atomic mass is 10.1. The maximum absolute atomic E-state index is 13.1. The zero-order chi connectivity index (χ0) is 25.1. The lowest BCUT2D eigenvalue weighted by Gasteiger charge is -2.19. The first kappa shape index (κ1) is 25.8. The maximum atomic E-state index is 13.1. The molecule has 0 unspecified atom stereocenters. The number of hydrogen-bond acceptors (Lipinski definition) is 7. The monoisotopic (exact) mass is 492 g/mol. The first-order chi connectivity index (χ1) is 16.8. The highest BCUT2D eigenvalue weighted by Gasteiger charge is 2.20. The van der Waals surface area contributed by atoms with E-state index in [1.165, 1.54) is 0 Å². The molecule has 0 radical (unpaired) electrons. The summed E-state index contributed by atoms with van der Waals surface area (Å²) in [6.07, 6.45) is 3.39. The average Bonchev–Trinajstić information content (AvgIpc) is 2.86. The maximum Gasteiger partial charge on any atom is 0.247 e. The second kappa shape index (κ2) is 12.6. The van der Waals surface area contributed by atoms with Gasteiger partial charge in [-0.05, 0) is 41.8 Å². The van der Waals surface area contributed by atoms with E-state index < -0.39 is 16.1 Å². The Bertz CT molecular complexity index is 1240. The number of aromatic nitrogens is 1. The molecule has 3 rings (SSSR count). The van der Waals surface area contributed by atoms with E-state index in [1.54, 1.807) is 30.5 Å². The molecule has 1 amide bonds. The van der Waals surface area contributed by atoms with Crippen molar-refractivity contribution in [2.45, 2.75) is 12.5 Å². The third-order valence-corrected chi connectivity index (χ3v) is 5.80. The predicted octanol–water partition coefficient (Wildman–Crippen LogP) is 2.43. The van der Waals surface area contributed by atoms with Crippen molar-refractivity contribution in [3.8, 4) is 6.07 Å². The zero-order valence-corrected chi connectivity index (χ0v) is 20.2. The SMILES string of the molecule is CS(=O)(=O)NCCNc1ccc(NC(=O)[C@H](NCCc2ccc(C#N)cc2)c2ccccc2)nc1. The van der Waals surface area contributed by atoms with Crippen molar-refractivity contribution < 1.29 is 13.2 Å². The minimum absolute atomic E-state index is 0.235.